The summed E-state index contributed by atoms with van der Waals surface area (Å²) < 4.78 is 6.32. The van der Waals surface area contributed by atoms with Gasteiger partial charge in [-0.2, -0.15) is 10.2 Å². The molecule has 0 bridgehead atoms. The molecule has 0 aliphatic carbocycles. The van der Waals surface area contributed by atoms with Crippen molar-refractivity contribution < 1.29 is 9.53 Å². The van der Waals surface area contributed by atoms with Crippen LogP contribution in [0.1, 0.15) is 36.5 Å². The van der Waals surface area contributed by atoms with Crippen LogP contribution in [0.4, 0.5) is 11.4 Å². The number of hydrazone groups is 2. The first-order valence-electron chi connectivity index (χ1n) is 11.9. The monoisotopic (exact) mass is 562 g/mol. The lowest BCUT2D eigenvalue weighted by Crippen LogP contribution is -2.56. The van der Waals surface area contributed by atoms with E-state index in [9.17, 15) is 4.79 Å². The van der Waals surface area contributed by atoms with Gasteiger partial charge in [0.2, 0.25) is 10.0 Å². The Hall–Kier alpha value is -3.10. The zero-order valence-electron chi connectivity index (χ0n) is 20.4. The third-order valence-electron chi connectivity index (χ3n) is 6.25. The average Bonchev–Trinajstić information content (AvgIpc) is 3.27. The highest BCUT2D eigenvalue weighted by Crippen LogP contribution is 2.50. The van der Waals surface area contributed by atoms with Crippen LogP contribution in [0.25, 0.3) is 0 Å². The zero-order chi connectivity index (χ0) is 25.3. The van der Waals surface area contributed by atoms with E-state index in [4.69, 9.17) is 14.9 Å². The number of hydrogen-bond donors (Lipinski definition) is 0. The van der Waals surface area contributed by atoms with Crippen molar-refractivity contribution in [3.8, 4) is 0 Å². The van der Waals surface area contributed by atoms with Gasteiger partial charge in [-0.05, 0) is 87.0 Å². The van der Waals surface area contributed by atoms with Crippen LogP contribution < -0.4 is 10.0 Å². The van der Waals surface area contributed by atoms with Crippen LogP contribution in [0, 0.1) is 13.8 Å². The lowest BCUT2D eigenvalue weighted by Gasteiger charge is -2.46. The second-order valence-corrected chi connectivity index (χ2v) is 10.9. The Kier molecular flexibility index (Phi) is 6.90. The van der Waals surface area contributed by atoms with Crippen molar-refractivity contribution in [3.63, 3.8) is 0 Å². The first-order valence-corrected chi connectivity index (χ1v) is 13.5. The van der Waals surface area contributed by atoms with Crippen molar-refractivity contribution in [1.82, 2.24) is 0 Å². The molecule has 0 radical (unpaired) electrons. The van der Waals surface area contributed by atoms with Crippen LogP contribution in [0.3, 0.4) is 0 Å². The molecule has 8 heteroatoms. The molecule has 5 rings (SSSR count). The molecule has 0 N–H and O–H groups in total. The third kappa shape index (κ3) is 4.55. The summed E-state index contributed by atoms with van der Waals surface area (Å²) >= 11 is 4.93. The first-order chi connectivity index (χ1) is 17.4. The van der Waals surface area contributed by atoms with E-state index in [1.807, 2.05) is 64.6 Å². The highest BCUT2D eigenvalue weighted by Gasteiger charge is 2.53. The van der Waals surface area contributed by atoms with Crippen molar-refractivity contribution in [2.45, 2.75) is 38.6 Å². The summed E-state index contributed by atoms with van der Waals surface area (Å²) in [6, 6.07) is 24.5. The van der Waals surface area contributed by atoms with Gasteiger partial charge in [-0.1, -0.05) is 51.8 Å². The Balaban J connectivity index is 1.67. The van der Waals surface area contributed by atoms with Gasteiger partial charge >= 0.3 is 5.97 Å². The van der Waals surface area contributed by atoms with Crippen LogP contribution in [-0.2, 0) is 9.53 Å². The fraction of sp³-hybridized carbons (Fsp3) is 0.250. The third-order valence-corrected chi connectivity index (χ3v) is 8.09. The molecule has 1 unspecified atom stereocenters. The molecule has 0 saturated carbocycles. The normalized spacial score (nSPS) is 19.3. The van der Waals surface area contributed by atoms with Crippen LogP contribution in [0.2, 0.25) is 0 Å². The standard InChI is InChI=1S/C28H27BrN4O2S/c1-4-35-27(34)26-31-33(23-14-12-21(29)13-15-23)28(36-26)17-16-25(24-18-19(2)10-11-20(24)3)30-32(28)22-8-6-5-7-9-22/h5-15,18H,4,16-17H2,1-3H3. The van der Waals surface area contributed by atoms with E-state index >= 15 is 0 Å². The van der Waals surface area contributed by atoms with E-state index in [1.54, 1.807) is 6.92 Å². The number of nitrogens with zero attached hydrogens (tertiary/aromatic N) is 4. The number of carbonyl (C=O) groups is 1. The second kappa shape index (κ2) is 10.1. The lowest BCUT2D eigenvalue weighted by atomic mass is 9.96. The molecule has 3 aromatic rings. The smallest absolute Gasteiger partial charge is 0.365 e. The van der Waals surface area contributed by atoms with Gasteiger partial charge in [-0.15, -0.1) is 0 Å². The summed E-state index contributed by atoms with van der Waals surface area (Å²) in [5.74, 6) is -0.418. The van der Waals surface area contributed by atoms with Gasteiger partial charge in [0.15, 0.2) is 0 Å². The van der Waals surface area contributed by atoms with Crippen LogP contribution >= 0.6 is 27.7 Å². The minimum atomic E-state index is -0.765. The second-order valence-electron chi connectivity index (χ2n) is 8.77. The van der Waals surface area contributed by atoms with Crippen molar-refractivity contribution in [1.29, 1.82) is 0 Å². The molecular weight excluding hydrogens is 536 g/mol. The number of aryl methyl sites for hydroxylation is 2. The van der Waals surface area contributed by atoms with Gasteiger partial charge in [0.05, 0.1) is 23.7 Å². The summed E-state index contributed by atoms with van der Waals surface area (Å²) in [6.45, 7) is 6.32. The summed E-state index contributed by atoms with van der Waals surface area (Å²) in [7, 11) is 0. The zero-order valence-corrected chi connectivity index (χ0v) is 22.8. The summed E-state index contributed by atoms with van der Waals surface area (Å²) in [4.78, 5) is 12.1. The predicted molar refractivity (Wildman–Crippen MR) is 152 cm³/mol. The van der Waals surface area contributed by atoms with Crippen LogP contribution in [0.5, 0.6) is 0 Å². The van der Waals surface area contributed by atoms with E-state index in [1.165, 1.54) is 22.9 Å². The van der Waals surface area contributed by atoms with E-state index in [0.717, 1.165) is 33.5 Å². The number of para-hydroxylation sites is 1. The molecule has 0 fully saturated rings. The SMILES string of the molecule is CCOC(=O)C1=NN(c2ccc(Br)cc2)C2(CCC(c3cc(C)ccc3C)=NN2c2ccccc2)S1. The first kappa shape index (κ1) is 24.6. The minimum absolute atomic E-state index is 0.293. The Bertz CT molecular complexity index is 1340. The molecule has 184 valence electrons. The molecule has 3 aromatic carbocycles. The fourth-order valence-corrected chi connectivity index (χ4v) is 6.00. The molecule has 2 aliphatic rings. The quantitative estimate of drug-likeness (QED) is 0.318. The molecule has 0 amide bonds. The van der Waals surface area contributed by atoms with Gasteiger partial charge in [-0.25, -0.2) is 14.8 Å². The van der Waals surface area contributed by atoms with Gasteiger partial charge in [0.25, 0.3) is 0 Å². The summed E-state index contributed by atoms with van der Waals surface area (Å²) in [6.07, 6.45) is 1.43. The number of carbonyl (C=O) groups excluding carboxylic acids is 1. The molecule has 0 saturated heterocycles. The molecule has 2 heterocycles. The van der Waals surface area contributed by atoms with Crippen molar-refractivity contribution in [2.75, 3.05) is 16.6 Å². The molecule has 1 spiro atoms. The van der Waals surface area contributed by atoms with Crippen molar-refractivity contribution >= 4 is 55.8 Å². The van der Waals surface area contributed by atoms with E-state index in [0.29, 0.717) is 18.1 Å². The van der Waals surface area contributed by atoms with Crippen LogP contribution in [0.15, 0.2) is 87.5 Å². The molecule has 1 atom stereocenters. The highest BCUT2D eigenvalue weighted by molar-refractivity contribution is 9.10. The Morgan fingerprint density at radius 3 is 2.42 bits per heavy atom. The molecule has 6 nitrogen and oxygen atoms in total. The number of thioether (sulfide) groups is 1. The number of anilines is 2. The topological polar surface area (TPSA) is 57.5 Å². The Labute approximate surface area is 224 Å². The van der Waals surface area contributed by atoms with E-state index in [2.05, 4.69) is 48.0 Å². The van der Waals surface area contributed by atoms with Crippen LogP contribution in [-0.4, -0.2) is 28.3 Å². The molecular formula is C28H27BrN4O2S. The average molecular weight is 564 g/mol. The number of rotatable bonds is 5. The van der Waals surface area contributed by atoms with Gasteiger partial charge in [-0.3, -0.25) is 0 Å². The summed E-state index contributed by atoms with van der Waals surface area (Å²) in [5.41, 5.74) is 6.36. The maximum atomic E-state index is 12.9. The largest absolute Gasteiger partial charge is 0.461 e. The number of benzene rings is 3. The minimum Gasteiger partial charge on any atom is -0.461 e. The lowest BCUT2D eigenvalue weighted by molar-refractivity contribution is -0.134. The van der Waals surface area contributed by atoms with Gasteiger partial charge in [0.1, 0.15) is 0 Å². The highest BCUT2D eigenvalue weighted by atomic mass is 79.9. The molecule has 2 aliphatic heterocycles. The van der Waals surface area contributed by atoms with Crippen molar-refractivity contribution in [2.24, 2.45) is 10.2 Å². The van der Waals surface area contributed by atoms with E-state index in [-0.39, 0.29) is 0 Å². The number of esters is 1. The Morgan fingerprint density at radius 2 is 1.69 bits per heavy atom. The Morgan fingerprint density at radius 1 is 1.00 bits per heavy atom. The summed E-state index contributed by atoms with van der Waals surface area (Å²) in [5, 5.41) is 14.3. The van der Waals surface area contributed by atoms with E-state index < -0.39 is 11.0 Å². The fourth-order valence-electron chi connectivity index (χ4n) is 4.49. The maximum Gasteiger partial charge on any atom is 0.365 e. The number of hydrogen-bond acceptors (Lipinski definition) is 7. The molecule has 36 heavy (non-hydrogen) atoms. The molecule has 0 aromatic heterocycles. The van der Waals surface area contributed by atoms with Gasteiger partial charge < -0.3 is 4.74 Å². The van der Waals surface area contributed by atoms with Gasteiger partial charge in [0, 0.05) is 16.5 Å². The van der Waals surface area contributed by atoms with Crippen molar-refractivity contribution in [3.05, 3.63) is 94.0 Å². The number of halogens is 1. The number of ether oxygens (including phenoxy) is 1. The maximum absolute atomic E-state index is 12.9. The predicted octanol–water partition coefficient (Wildman–Crippen LogP) is 6.85.